The number of rotatable bonds is 6. The summed E-state index contributed by atoms with van der Waals surface area (Å²) in [5.41, 5.74) is 4.34. The van der Waals surface area contributed by atoms with E-state index < -0.39 is 11.5 Å². The fourth-order valence-electron chi connectivity index (χ4n) is 1.81. The highest BCUT2D eigenvalue weighted by atomic mass is 16.4. The molecule has 0 aromatic carbocycles. The average molecular weight is 228 g/mol. The zero-order valence-electron chi connectivity index (χ0n) is 9.82. The number of carboxylic acid groups (broad SMARTS) is 1. The van der Waals surface area contributed by atoms with Crippen molar-refractivity contribution in [1.82, 2.24) is 5.32 Å². The topological polar surface area (TPSA) is 92.4 Å². The molecule has 0 aromatic rings. The second-order valence-electron chi connectivity index (χ2n) is 4.61. The summed E-state index contributed by atoms with van der Waals surface area (Å²) < 4.78 is 0. The number of nitrogens with two attached hydrogens (primary N) is 1. The van der Waals surface area contributed by atoms with Crippen molar-refractivity contribution < 1.29 is 14.7 Å². The van der Waals surface area contributed by atoms with Gasteiger partial charge in [-0.3, -0.25) is 4.79 Å². The Balaban J connectivity index is 2.68. The predicted octanol–water partition coefficient (Wildman–Crippen LogP) is 0.341. The number of carboxylic acids is 1. The van der Waals surface area contributed by atoms with Gasteiger partial charge in [0.1, 0.15) is 5.54 Å². The minimum absolute atomic E-state index is 0.0595. The van der Waals surface area contributed by atoms with Crippen LogP contribution in [0.3, 0.4) is 0 Å². The zero-order chi connectivity index (χ0) is 12.3. The summed E-state index contributed by atoms with van der Waals surface area (Å²) in [4.78, 5) is 23.0. The molecule has 0 aliphatic heterocycles. The largest absolute Gasteiger partial charge is 0.480 e. The smallest absolute Gasteiger partial charge is 0.329 e. The van der Waals surface area contributed by atoms with Crippen molar-refractivity contribution >= 4 is 11.9 Å². The molecule has 1 saturated carbocycles. The third kappa shape index (κ3) is 2.52. The molecule has 0 spiro atoms. The Kier molecular flexibility index (Phi) is 3.91. The van der Waals surface area contributed by atoms with E-state index in [1.807, 2.05) is 6.92 Å². The van der Waals surface area contributed by atoms with Crippen LogP contribution in [0, 0.1) is 11.8 Å². The van der Waals surface area contributed by atoms with E-state index >= 15 is 0 Å². The summed E-state index contributed by atoms with van der Waals surface area (Å²) in [5.74, 6) is -1.45. The Bertz CT molecular complexity index is 285. The van der Waals surface area contributed by atoms with Gasteiger partial charge in [-0.2, -0.15) is 0 Å². The van der Waals surface area contributed by atoms with E-state index in [1.54, 1.807) is 6.92 Å². The van der Waals surface area contributed by atoms with Gasteiger partial charge >= 0.3 is 5.97 Å². The van der Waals surface area contributed by atoms with Crippen molar-refractivity contribution in [3.05, 3.63) is 0 Å². The molecule has 1 amide bonds. The molecular weight excluding hydrogens is 208 g/mol. The molecular formula is C11H20N2O3. The van der Waals surface area contributed by atoms with Crippen LogP contribution in [0.25, 0.3) is 0 Å². The van der Waals surface area contributed by atoms with E-state index in [9.17, 15) is 14.7 Å². The van der Waals surface area contributed by atoms with E-state index in [4.69, 9.17) is 5.73 Å². The zero-order valence-corrected chi connectivity index (χ0v) is 9.82. The van der Waals surface area contributed by atoms with Crippen molar-refractivity contribution in [2.45, 2.75) is 38.6 Å². The van der Waals surface area contributed by atoms with Crippen LogP contribution in [-0.2, 0) is 9.59 Å². The van der Waals surface area contributed by atoms with E-state index in [2.05, 4.69) is 5.32 Å². The number of carbonyl (C=O) groups excluding carboxylic acids is 1. The lowest BCUT2D eigenvalue weighted by Gasteiger charge is -2.28. The second kappa shape index (κ2) is 4.82. The van der Waals surface area contributed by atoms with Gasteiger partial charge in [-0.05, 0) is 32.1 Å². The van der Waals surface area contributed by atoms with Crippen LogP contribution < -0.4 is 11.1 Å². The normalized spacial score (nSPS) is 20.9. The minimum Gasteiger partial charge on any atom is -0.480 e. The fraction of sp³-hybridized carbons (Fsp3) is 0.818. The highest BCUT2D eigenvalue weighted by molar-refractivity contribution is 5.88. The van der Waals surface area contributed by atoms with Gasteiger partial charge in [-0.25, -0.2) is 4.79 Å². The number of aliphatic carboxylic acids is 1. The molecule has 0 saturated heterocycles. The lowest BCUT2D eigenvalue weighted by molar-refractivity contribution is -0.148. The first-order valence-corrected chi connectivity index (χ1v) is 5.71. The highest BCUT2D eigenvalue weighted by Gasteiger charge is 2.48. The van der Waals surface area contributed by atoms with Gasteiger partial charge in [0.25, 0.3) is 0 Å². The maximum atomic E-state index is 11.8. The third-order valence-corrected chi connectivity index (χ3v) is 3.37. The summed E-state index contributed by atoms with van der Waals surface area (Å²) in [5, 5.41) is 11.8. The monoisotopic (exact) mass is 228 g/mol. The van der Waals surface area contributed by atoms with Gasteiger partial charge in [0.2, 0.25) is 5.91 Å². The first-order valence-electron chi connectivity index (χ1n) is 5.71. The van der Waals surface area contributed by atoms with Crippen LogP contribution in [-0.4, -0.2) is 29.1 Å². The maximum Gasteiger partial charge on any atom is 0.329 e. The molecule has 2 unspecified atom stereocenters. The van der Waals surface area contributed by atoms with Crippen LogP contribution in [0.4, 0.5) is 0 Å². The summed E-state index contributed by atoms with van der Waals surface area (Å²) in [6.07, 6.45) is 2.35. The number of hydrogen-bond acceptors (Lipinski definition) is 3. The van der Waals surface area contributed by atoms with Crippen molar-refractivity contribution in [2.24, 2.45) is 17.6 Å². The summed E-state index contributed by atoms with van der Waals surface area (Å²) in [7, 11) is 0. The molecule has 4 N–H and O–H groups in total. The molecule has 5 heteroatoms. The fourth-order valence-corrected chi connectivity index (χ4v) is 1.81. The van der Waals surface area contributed by atoms with E-state index in [-0.39, 0.29) is 24.3 Å². The Hall–Kier alpha value is -1.10. The SMILES string of the molecule is CCC(CN)C(=O)NC(C)(C(=O)O)C1CC1. The van der Waals surface area contributed by atoms with Crippen molar-refractivity contribution in [1.29, 1.82) is 0 Å². The van der Waals surface area contributed by atoms with Crippen LogP contribution >= 0.6 is 0 Å². The first-order chi connectivity index (χ1) is 7.45. The Labute approximate surface area is 95.4 Å². The van der Waals surface area contributed by atoms with Crippen molar-refractivity contribution in [2.75, 3.05) is 6.54 Å². The van der Waals surface area contributed by atoms with Crippen LogP contribution in [0.15, 0.2) is 0 Å². The Morgan fingerprint density at radius 2 is 2.12 bits per heavy atom. The molecule has 5 nitrogen and oxygen atoms in total. The standard InChI is InChI=1S/C11H20N2O3/c1-3-7(6-12)9(14)13-11(2,10(15)16)8-4-5-8/h7-8H,3-6,12H2,1-2H3,(H,13,14)(H,15,16). The van der Waals surface area contributed by atoms with E-state index in [0.29, 0.717) is 6.42 Å². The van der Waals surface area contributed by atoms with Crippen LogP contribution in [0.2, 0.25) is 0 Å². The summed E-state index contributed by atoms with van der Waals surface area (Å²) in [6.45, 7) is 3.70. The number of amides is 1. The summed E-state index contributed by atoms with van der Waals surface area (Å²) in [6, 6.07) is 0. The maximum absolute atomic E-state index is 11.8. The van der Waals surface area contributed by atoms with E-state index in [1.165, 1.54) is 0 Å². The molecule has 0 bridgehead atoms. The van der Waals surface area contributed by atoms with Gasteiger partial charge in [-0.15, -0.1) is 0 Å². The average Bonchev–Trinajstić information content (AvgIpc) is 3.02. The van der Waals surface area contributed by atoms with Gasteiger partial charge in [0, 0.05) is 12.5 Å². The van der Waals surface area contributed by atoms with E-state index in [0.717, 1.165) is 12.8 Å². The van der Waals surface area contributed by atoms with Crippen LogP contribution in [0.5, 0.6) is 0 Å². The molecule has 1 fully saturated rings. The molecule has 1 aliphatic carbocycles. The molecule has 1 aliphatic rings. The molecule has 0 radical (unpaired) electrons. The lowest BCUT2D eigenvalue weighted by atomic mass is 9.94. The Morgan fingerprint density at radius 1 is 1.56 bits per heavy atom. The molecule has 0 heterocycles. The second-order valence-corrected chi connectivity index (χ2v) is 4.61. The molecule has 92 valence electrons. The molecule has 1 rings (SSSR count). The number of carbonyl (C=O) groups is 2. The summed E-state index contributed by atoms with van der Waals surface area (Å²) >= 11 is 0. The number of nitrogens with one attached hydrogen (secondary N) is 1. The van der Waals surface area contributed by atoms with Gasteiger partial charge in [0.05, 0.1) is 0 Å². The lowest BCUT2D eigenvalue weighted by Crippen LogP contribution is -2.56. The van der Waals surface area contributed by atoms with Gasteiger partial charge in [-0.1, -0.05) is 6.92 Å². The van der Waals surface area contributed by atoms with Gasteiger partial charge in [0.15, 0.2) is 0 Å². The number of hydrogen-bond donors (Lipinski definition) is 3. The molecule has 0 aromatic heterocycles. The predicted molar refractivity (Wildman–Crippen MR) is 59.7 cm³/mol. The minimum atomic E-state index is -1.13. The molecule has 2 atom stereocenters. The Morgan fingerprint density at radius 3 is 2.44 bits per heavy atom. The van der Waals surface area contributed by atoms with Crippen molar-refractivity contribution in [3.63, 3.8) is 0 Å². The van der Waals surface area contributed by atoms with Crippen molar-refractivity contribution in [3.8, 4) is 0 Å². The third-order valence-electron chi connectivity index (χ3n) is 3.37. The van der Waals surface area contributed by atoms with Crippen LogP contribution in [0.1, 0.15) is 33.1 Å². The highest BCUT2D eigenvalue weighted by Crippen LogP contribution is 2.39. The van der Waals surface area contributed by atoms with Gasteiger partial charge < -0.3 is 16.2 Å². The quantitative estimate of drug-likeness (QED) is 0.611. The molecule has 16 heavy (non-hydrogen) atoms. The first kappa shape index (κ1) is 13.0.